The second kappa shape index (κ2) is 5.60. The van der Waals surface area contributed by atoms with Crippen LogP contribution in [0.25, 0.3) is 0 Å². The fraction of sp³-hybridized carbons (Fsp3) is 0.556. The molecule has 0 aliphatic heterocycles. The summed E-state index contributed by atoms with van der Waals surface area (Å²) in [7, 11) is 0. The predicted octanol–water partition coefficient (Wildman–Crippen LogP) is 2.32. The summed E-state index contributed by atoms with van der Waals surface area (Å²) in [6.45, 7) is 0.906. The van der Waals surface area contributed by atoms with Crippen LogP contribution in [0.3, 0.4) is 0 Å². The van der Waals surface area contributed by atoms with Crippen molar-refractivity contribution >= 4 is 11.6 Å². The van der Waals surface area contributed by atoms with Gasteiger partial charge in [-0.3, -0.25) is 0 Å². The number of hydrogen-bond donors (Lipinski definition) is 0. The third-order valence-electron chi connectivity index (χ3n) is 1.86. The summed E-state index contributed by atoms with van der Waals surface area (Å²) in [4.78, 5) is 4.10. The van der Waals surface area contributed by atoms with Gasteiger partial charge in [0.1, 0.15) is 5.82 Å². The molecule has 0 radical (unpaired) electrons. The van der Waals surface area contributed by atoms with Gasteiger partial charge >= 0.3 is 0 Å². The van der Waals surface area contributed by atoms with E-state index in [2.05, 4.69) is 11.1 Å². The molecule has 3 nitrogen and oxygen atoms in total. The summed E-state index contributed by atoms with van der Waals surface area (Å²) in [5.41, 5.74) is 0. The zero-order valence-corrected chi connectivity index (χ0v) is 8.17. The van der Waals surface area contributed by atoms with Crippen molar-refractivity contribution in [3.63, 3.8) is 0 Å². The summed E-state index contributed by atoms with van der Waals surface area (Å²) >= 11 is 5.68. The lowest BCUT2D eigenvalue weighted by Gasteiger charge is -2.03. The summed E-state index contributed by atoms with van der Waals surface area (Å²) in [6.07, 6.45) is 6.25. The van der Waals surface area contributed by atoms with E-state index in [9.17, 15) is 0 Å². The second-order valence-electron chi connectivity index (χ2n) is 2.79. The maximum Gasteiger partial charge on any atom is 0.123 e. The summed E-state index contributed by atoms with van der Waals surface area (Å²) < 4.78 is 2.03. The number of imidazole rings is 1. The van der Waals surface area contributed by atoms with Gasteiger partial charge in [0.05, 0.1) is 11.9 Å². The van der Waals surface area contributed by atoms with E-state index < -0.39 is 0 Å². The van der Waals surface area contributed by atoms with Crippen molar-refractivity contribution in [3.8, 4) is 6.07 Å². The van der Waals surface area contributed by atoms with Gasteiger partial charge in [-0.25, -0.2) is 4.98 Å². The van der Waals surface area contributed by atoms with Crippen LogP contribution in [-0.2, 0) is 12.4 Å². The highest BCUT2D eigenvalue weighted by molar-refractivity contribution is 6.16. The van der Waals surface area contributed by atoms with Crippen molar-refractivity contribution in [1.82, 2.24) is 9.55 Å². The number of nitriles is 1. The average molecular weight is 198 g/mol. The topological polar surface area (TPSA) is 41.6 Å². The SMILES string of the molecule is N#CCCCCn1ccnc1CCl. The van der Waals surface area contributed by atoms with Crippen LogP contribution in [0.4, 0.5) is 0 Å². The third kappa shape index (κ3) is 3.08. The number of aryl methyl sites for hydroxylation is 1. The molecule has 0 fully saturated rings. The Morgan fingerprint density at radius 3 is 3.08 bits per heavy atom. The first kappa shape index (κ1) is 10.1. The molecule has 0 aromatic carbocycles. The third-order valence-corrected chi connectivity index (χ3v) is 2.10. The lowest BCUT2D eigenvalue weighted by Crippen LogP contribution is -2.01. The van der Waals surface area contributed by atoms with Gasteiger partial charge in [0.15, 0.2) is 0 Å². The zero-order chi connectivity index (χ0) is 9.52. The van der Waals surface area contributed by atoms with Crippen molar-refractivity contribution in [1.29, 1.82) is 5.26 Å². The molecule has 0 saturated heterocycles. The van der Waals surface area contributed by atoms with E-state index in [4.69, 9.17) is 16.9 Å². The van der Waals surface area contributed by atoms with Gasteiger partial charge in [-0.2, -0.15) is 5.26 Å². The fourth-order valence-electron chi connectivity index (χ4n) is 1.16. The number of aromatic nitrogens is 2. The minimum atomic E-state index is 0.450. The maximum absolute atomic E-state index is 8.33. The molecule has 0 unspecified atom stereocenters. The second-order valence-corrected chi connectivity index (χ2v) is 3.05. The fourth-order valence-corrected chi connectivity index (χ4v) is 1.38. The van der Waals surface area contributed by atoms with Gasteiger partial charge in [-0.15, -0.1) is 11.6 Å². The highest BCUT2D eigenvalue weighted by Gasteiger charge is 1.99. The molecule has 13 heavy (non-hydrogen) atoms. The Kier molecular flexibility index (Phi) is 4.34. The average Bonchev–Trinajstić information content (AvgIpc) is 2.60. The van der Waals surface area contributed by atoms with Gasteiger partial charge in [0.2, 0.25) is 0 Å². The quantitative estimate of drug-likeness (QED) is 0.537. The van der Waals surface area contributed by atoms with E-state index in [0.29, 0.717) is 12.3 Å². The maximum atomic E-state index is 8.33. The molecule has 0 saturated carbocycles. The highest BCUT2D eigenvalue weighted by Crippen LogP contribution is 2.04. The molecule has 0 aliphatic carbocycles. The van der Waals surface area contributed by atoms with Crippen molar-refractivity contribution in [2.24, 2.45) is 0 Å². The van der Waals surface area contributed by atoms with Gasteiger partial charge in [-0.1, -0.05) is 0 Å². The largest absolute Gasteiger partial charge is 0.334 e. The molecule has 0 N–H and O–H groups in total. The molecule has 0 spiro atoms. The first-order valence-corrected chi connectivity index (χ1v) is 4.85. The van der Waals surface area contributed by atoms with Gasteiger partial charge in [-0.05, 0) is 12.8 Å². The summed E-state index contributed by atoms with van der Waals surface area (Å²) in [5.74, 6) is 1.35. The minimum Gasteiger partial charge on any atom is -0.334 e. The van der Waals surface area contributed by atoms with E-state index in [1.807, 2.05) is 10.8 Å². The minimum absolute atomic E-state index is 0.450. The van der Waals surface area contributed by atoms with E-state index in [-0.39, 0.29) is 0 Å². The number of nitrogens with zero attached hydrogens (tertiary/aromatic N) is 3. The van der Waals surface area contributed by atoms with Gasteiger partial charge < -0.3 is 4.57 Å². The molecular formula is C9H12ClN3. The lowest BCUT2D eigenvalue weighted by molar-refractivity contribution is 0.600. The smallest absolute Gasteiger partial charge is 0.123 e. The number of alkyl halides is 1. The Morgan fingerprint density at radius 1 is 1.54 bits per heavy atom. The molecule has 0 amide bonds. The van der Waals surface area contributed by atoms with Crippen LogP contribution in [0.1, 0.15) is 25.1 Å². The Hall–Kier alpha value is -1.01. The van der Waals surface area contributed by atoms with E-state index in [0.717, 1.165) is 25.2 Å². The van der Waals surface area contributed by atoms with E-state index >= 15 is 0 Å². The van der Waals surface area contributed by atoms with Crippen LogP contribution in [0.15, 0.2) is 12.4 Å². The van der Waals surface area contributed by atoms with Crippen LogP contribution in [-0.4, -0.2) is 9.55 Å². The molecule has 0 atom stereocenters. The number of unbranched alkanes of at least 4 members (excludes halogenated alkanes) is 2. The lowest BCUT2D eigenvalue weighted by atomic mass is 10.2. The van der Waals surface area contributed by atoms with Crippen molar-refractivity contribution in [2.45, 2.75) is 31.7 Å². The van der Waals surface area contributed by atoms with E-state index in [1.54, 1.807) is 6.20 Å². The molecule has 1 heterocycles. The Bertz CT molecular complexity index is 287. The molecule has 1 aromatic rings. The van der Waals surface area contributed by atoms with Crippen LogP contribution in [0, 0.1) is 11.3 Å². The van der Waals surface area contributed by atoms with Crippen LogP contribution >= 0.6 is 11.6 Å². The number of halogens is 1. The first-order valence-electron chi connectivity index (χ1n) is 4.31. The molecule has 0 bridgehead atoms. The van der Waals surface area contributed by atoms with Gasteiger partial charge in [0.25, 0.3) is 0 Å². The Balaban J connectivity index is 2.32. The van der Waals surface area contributed by atoms with Crippen LogP contribution < -0.4 is 0 Å². The molecule has 0 aliphatic rings. The monoisotopic (exact) mass is 197 g/mol. The van der Waals surface area contributed by atoms with Crippen molar-refractivity contribution in [3.05, 3.63) is 18.2 Å². The standard InChI is InChI=1S/C9H12ClN3/c10-8-9-12-5-7-13(9)6-3-1-2-4-11/h5,7H,1-3,6,8H2. The van der Waals surface area contributed by atoms with Crippen molar-refractivity contribution in [2.75, 3.05) is 0 Å². The normalized spacial score (nSPS) is 9.85. The number of rotatable bonds is 5. The summed E-state index contributed by atoms with van der Waals surface area (Å²) in [6, 6.07) is 2.13. The van der Waals surface area contributed by atoms with Crippen molar-refractivity contribution < 1.29 is 0 Å². The Labute approximate surface area is 83.0 Å². The van der Waals surface area contributed by atoms with Crippen LogP contribution in [0.5, 0.6) is 0 Å². The zero-order valence-electron chi connectivity index (χ0n) is 7.41. The van der Waals surface area contributed by atoms with E-state index in [1.165, 1.54) is 0 Å². The first-order chi connectivity index (χ1) is 6.38. The molecule has 1 aromatic heterocycles. The molecular weight excluding hydrogens is 186 g/mol. The Morgan fingerprint density at radius 2 is 2.38 bits per heavy atom. The molecule has 4 heteroatoms. The predicted molar refractivity (Wildman–Crippen MR) is 51.2 cm³/mol. The molecule has 70 valence electrons. The highest BCUT2D eigenvalue weighted by atomic mass is 35.5. The van der Waals surface area contributed by atoms with Gasteiger partial charge in [0, 0.05) is 25.4 Å². The van der Waals surface area contributed by atoms with Crippen LogP contribution in [0.2, 0.25) is 0 Å². The molecule has 1 rings (SSSR count). The summed E-state index contributed by atoms with van der Waals surface area (Å²) in [5, 5.41) is 8.33. The number of hydrogen-bond acceptors (Lipinski definition) is 2.